The van der Waals surface area contributed by atoms with E-state index in [2.05, 4.69) is 118 Å². The van der Waals surface area contributed by atoms with Crippen LogP contribution >= 0.6 is 0 Å². The SMILES string of the molecule is CC/C=C\C/C=C\C/C=C\C/C=C\C/C=C\CCCCCCCC(=O)OCC(COC(=O)CCCCCCCCCCCCCCCC)OC(=O)CCCCCCCC/C=C\C/C=C\C/C=C\CCCCC. The quantitative estimate of drug-likeness (QED) is 0.0261. The van der Waals surface area contributed by atoms with Crippen molar-refractivity contribution in [1.82, 2.24) is 0 Å². The van der Waals surface area contributed by atoms with Crippen molar-refractivity contribution in [2.24, 2.45) is 0 Å². The van der Waals surface area contributed by atoms with Gasteiger partial charge in [0.05, 0.1) is 0 Å². The Balaban J connectivity index is 4.44. The van der Waals surface area contributed by atoms with Crippen LogP contribution in [0.2, 0.25) is 0 Å². The smallest absolute Gasteiger partial charge is 0.306 e. The largest absolute Gasteiger partial charge is 0.462 e. The molecule has 1 atom stereocenters. The number of hydrogen-bond acceptors (Lipinski definition) is 6. The number of esters is 3. The van der Waals surface area contributed by atoms with Crippen molar-refractivity contribution < 1.29 is 28.6 Å². The average molecular weight is 1000 g/mol. The van der Waals surface area contributed by atoms with Gasteiger partial charge < -0.3 is 14.2 Å². The first-order valence-electron chi connectivity index (χ1n) is 30.2. The fraction of sp³-hybridized carbons (Fsp3) is 0.712. The van der Waals surface area contributed by atoms with Gasteiger partial charge >= 0.3 is 17.9 Å². The zero-order valence-electron chi connectivity index (χ0n) is 47.2. The zero-order valence-corrected chi connectivity index (χ0v) is 47.2. The Morgan fingerprint density at radius 1 is 0.292 bits per heavy atom. The summed E-state index contributed by atoms with van der Waals surface area (Å²) in [5.41, 5.74) is 0. The zero-order chi connectivity index (χ0) is 52.2. The minimum Gasteiger partial charge on any atom is -0.462 e. The number of carbonyl (C=O) groups is 3. The van der Waals surface area contributed by atoms with Gasteiger partial charge in [-0.1, -0.05) is 259 Å². The highest BCUT2D eigenvalue weighted by Crippen LogP contribution is 2.15. The molecule has 0 aliphatic rings. The molecule has 1 unspecified atom stereocenters. The molecule has 0 amide bonds. The van der Waals surface area contributed by atoms with Gasteiger partial charge in [-0.15, -0.1) is 0 Å². The summed E-state index contributed by atoms with van der Waals surface area (Å²) in [6.07, 6.45) is 79.6. The van der Waals surface area contributed by atoms with E-state index in [0.29, 0.717) is 19.3 Å². The molecule has 412 valence electrons. The lowest BCUT2D eigenvalue weighted by Gasteiger charge is -2.18. The molecule has 0 heterocycles. The lowest BCUT2D eigenvalue weighted by atomic mass is 10.0. The Labute approximate surface area is 445 Å². The van der Waals surface area contributed by atoms with E-state index < -0.39 is 6.10 Å². The van der Waals surface area contributed by atoms with E-state index in [-0.39, 0.29) is 31.1 Å². The molecule has 0 saturated heterocycles. The van der Waals surface area contributed by atoms with Crippen LogP contribution in [-0.2, 0) is 28.6 Å². The lowest BCUT2D eigenvalue weighted by Crippen LogP contribution is -2.30. The van der Waals surface area contributed by atoms with E-state index in [0.717, 1.165) is 135 Å². The molecule has 0 radical (unpaired) electrons. The minimum absolute atomic E-state index is 0.0877. The topological polar surface area (TPSA) is 78.9 Å². The van der Waals surface area contributed by atoms with Crippen molar-refractivity contribution in [3.63, 3.8) is 0 Å². The van der Waals surface area contributed by atoms with Crippen LogP contribution in [0.25, 0.3) is 0 Å². The van der Waals surface area contributed by atoms with Gasteiger partial charge in [-0.2, -0.15) is 0 Å². The van der Waals surface area contributed by atoms with Crippen LogP contribution in [-0.4, -0.2) is 37.2 Å². The maximum absolute atomic E-state index is 12.9. The van der Waals surface area contributed by atoms with Gasteiger partial charge in [-0.3, -0.25) is 14.4 Å². The summed E-state index contributed by atoms with van der Waals surface area (Å²) in [7, 11) is 0. The molecule has 0 saturated carbocycles. The first kappa shape index (κ1) is 68.3. The van der Waals surface area contributed by atoms with Gasteiger partial charge in [0.25, 0.3) is 0 Å². The number of unbranched alkanes of at least 4 members (excludes halogenated alkanes) is 27. The van der Waals surface area contributed by atoms with Crippen molar-refractivity contribution in [1.29, 1.82) is 0 Å². The number of allylic oxidation sites excluding steroid dienone is 16. The van der Waals surface area contributed by atoms with Gasteiger partial charge in [0.2, 0.25) is 0 Å². The van der Waals surface area contributed by atoms with E-state index in [1.807, 2.05) is 0 Å². The second-order valence-electron chi connectivity index (χ2n) is 19.9. The van der Waals surface area contributed by atoms with Gasteiger partial charge in [-0.05, 0) is 103 Å². The summed E-state index contributed by atoms with van der Waals surface area (Å²) in [4.78, 5) is 38.2. The summed E-state index contributed by atoms with van der Waals surface area (Å²) >= 11 is 0. The van der Waals surface area contributed by atoms with Gasteiger partial charge in [0.1, 0.15) is 13.2 Å². The molecule has 0 aliphatic heterocycles. The summed E-state index contributed by atoms with van der Waals surface area (Å²) in [5.74, 6) is -0.912. The van der Waals surface area contributed by atoms with Gasteiger partial charge in [0, 0.05) is 19.3 Å². The predicted octanol–water partition coefficient (Wildman–Crippen LogP) is 20.5. The van der Waals surface area contributed by atoms with Crippen LogP contribution in [0.15, 0.2) is 97.2 Å². The minimum atomic E-state index is -0.793. The van der Waals surface area contributed by atoms with Crippen molar-refractivity contribution in [3.05, 3.63) is 97.2 Å². The molecule has 0 aliphatic carbocycles. The third kappa shape index (κ3) is 57.2. The van der Waals surface area contributed by atoms with E-state index in [4.69, 9.17) is 14.2 Å². The Kier molecular flexibility index (Phi) is 56.8. The van der Waals surface area contributed by atoms with Crippen LogP contribution in [0.5, 0.6) is 0 Å². The summed E-state index contributed by atoms with van der Waals surface area (Å²) in [6.45, 7) is 6.49. The molecule has 0 fully saturated rings. The van der Waals surface area contributed by atoms with E-state index in [9.17, 15) is 14.4 Å². The van der Waals surface area contributed by atoms with Crippen LogP contribution in [0.1, 0.15) is 284 Å². The van der Waals surface area contributed by atoms with Gasteiger partial charge in [-0.25, -0.2) is 0 Å². The molecule has 6 heteroatoms. The molecule has 0 spiro atoms. The predicted molar refractivity (Wildman–Crippen MR) is 311 cm³/mol. The number of ether oxygens (including phenoxy) is 3. The normalized spacial score (nSPS) is 12.8. The Morgan fingerprint density at radius 3 is 0.875 bits per heavy atom. The number of hydrogen-bond donors (Lipinski definition) is 0. The first-order valence-corrected chi connectivity index (χ1v) is 30.2. The highest BCUT2D eigenvalue weighted by molar-refractivity contribution is 5.71. The molecule has 0 N–H and O–H groups in total. The lowest BCUT2D eigenvalue weighted by molar-refractivity contribution is -0.167. The number of rotatable bonds is 54. The van der Waals surface area contributed by atoms with Crippen molar-refractivity contribution in [2.75, 3.05) is 13.2 Å². The standard InChI is InChI=1S/C66H112O6/c1-4-7-10-13-16-19-22-25-28-30-32-33-35-36-38-41-44-47-50-53-56-59-65(68)71-62-63(61-70-64(67)58-55-52-49-46-43-40-27-24-21-18-15-12-9-6-3)72-66(69)60-57-54-51-48-45-42-39-37-34-31-29-26-23-20-17-14-11-8-5-2/h7,10,16-17,19-20,25-26,28-29,32-34,36-38,63H,4-6,8-9,11-15,18,21-24,27,30-31,35,39-62H2,1-3H3/b10-7-,19-16-,20-17-,28-25-,29-26-,33-32-,37-34-,38-36-. The summed E-state index contributed by atoms with van der Waals surface area (Å²) in [5, 5.41) is 0. The molecule has 0 rings (SSSR count). The third-order valence-electron chi connectivity index (χ3n) is 12.8. The van der Waals surface area contributed by atoms with Crippen LogP contribution < -0.4 is 0 Å². The average Bonchev–Trinajstić information content (AvgIpc) is 3.38. The van der Waals surface area contributed by atoms with Crippen LogP contribution in [0.4, 0.5) is 0 Å². The van der Waals surface area contributed by atoms with Gasteiger partial charge in [0.15, 0.2) is 6.10 Å². The fourth-order valence-corrected chi connectivity index (χ4v) is 8.30. The van der Waals surface area contributed by atoms with E-state index in [1.54, 1.807) is 0 Å². The van der Waals surface area contributed by atoms with E-state index in [1.165, 1.54) is 109 Å². The second-order valence-corrected chi connectivity index (χ2v) is 19.9. The Bertz CT molecular complexity index is 1430. The monoisotopic (exact) mass is 1000 g/mol. The molecule has 0 aromatic heterocycles. The molecule has 0 bridgehead atoms. The molecule has 0 aromatic rings. The highest BCUT2D eigenvalue weighted by atomic mass is 16.6. The summed E-state index contributed by atoms with van der Waals surface area (Å²) in [6, 6.07) is 0. The first-order chi connectivity index (χ1) is 35.5. The Morgan fingerprint density at radius 2 is 0.542 bits per heavy atom. The number of carbonyl (C=O) groups excluding carboxylic acids is 3. The molecular formula is C66H112O6. The van der Waals surface area contributed by atoms with Crippen LogP contribution in [0, 0.1) is 0 Å². The molecule has 6 nitrogen and oxygen atoms in total. The van der Waals surface area contributed by atoms with E-state index >= 15 is 0 Å². The maximum Gasteiger partial charge on any atom is 0.306 e. The van der Waals surface area contributed by atoms with Crippen LogP contribution in [0.3, 0.4) is 0 Å². The van der Waals surface area contributed by atoms with Crippen molar-refractivity contribution >= 4 is 17.9 Å². The second kappa shape index (κ2) is 59.9. The maximum atomic E-state index is 12.9. The molecular weight excluding hydrogens is 889 g/mol. The highest BCUT2D eigenvalue weighted by Gasteiger charge is 2.19. The fourth-order valence-electron chi connectivity index (χ4n) is 8.30. The third-order valence-corrected chi connectivity index (χ3v) is 12.8. The van der Waals surface area contributed by atoms with Crippen molar-refractivity contribution in [2.45, 2.75) is 290 Å². The Hall–Kier alpha value is -3.67. The van der Waals surface area contributed by atoms with Crippen molar-refractivity contribution in [3.8, 4) is 0 Å². The summed E-state index contributed by atoms with van der Waals surface area (Å²) < 4.78 is 16.9. The molecule has 72 heavy (non-hydrogen) atoms. The molecule has 0 aromatic carbocycles.